The summed E-state index contributed by atoms with van der Waals surface area (Å²) < 4.78 is 8.29. The summed E-state index contributed by atoms with van der Waals surface area (Å²) >= 11 is 3.48. The first-order valence-electron chi connectivity index (χ1n) is 6.00. The molecule has 0 aliphatic carbocycles. The number of aldehydes is 1. The molecule has 0 N–H and O–H groups in total. The summed E-state index contributed by atoms with van der Waals surface area (Å²) in [6.07, 6.45) is 4.71. The van der Waals surface area contributed by atoms with Crippen molar-refractivity contribution >= 4 is 27.7 Å². The van der Waals surface area contributed by atoms with Gasteiger partial charge < -0.3 is 9.14 Å². The van der Waals surface area contributed by atoms with Crippen LogP contribution in [-0.4, -0.2) is 28.9 Å². The van der Waals surface area contributed by atoms with Crippen LogP contribution in [-0.2, 0) is 4.74 Å². The van der Waals surface area contributed by atoms with E-state index in [1.807, 2.05) is 22.7 Å². The summed E-state index contributed by atoms with van der Waals surface area (Å²) in [5.74, 6) is 1.34. The first-order chi connectivity index (χ1) is 8.81. The number of hydrogen-bond donors (Lipinski definition) is 0. The molecule has 0 spiro atoms. The van der Waals surface area contributed by atoms with Gasteiger partial charge in [0.05, 0.1) is 5.52 Å². The Morgan fingerprint density at radius 1 is 1.44 bits per heavy atom. The number of fused-ring (bicyclic) bond motifs is 1. The lowest BCUT2D eigenvalue weighted by Crippen LogP contribution is -2.16. The molecular weight excluding hydrogens is 296 g/mol. The predicted molar refractivity (Wildman–Crippen MR) is 71.1 cm³/mol. The standard InChI is InChI=1S/C13H13BrN2O2/c14-10-2-1-5-16-12(10)11(8-17)15-13(16)9-3-6-18-7-4-9/h1-2,5,8-9H,3-4,6-7H2. The molecule has 0 amide bonds. The maximum absolute atomic E-state index is 11.1. The van der Waals surface area contributed by atoms with Crippen molar-refractivity contribution in [2.75, 3.05) is 13.2 Å². The lowest BCUT2D eigenvalue weighted by atomic mass is 10.00. The average molecular weight is 309 g/mol. The van der Waals surface area contributed by atoms with Crippen molar-refractivity contribution in [1.29, 1.82) is 0 Å². The molecule has 1 aliphatic heterocycles. The highest BCUT2D eigenvalue weighted by Gasteiger charge is 2.23. The minimum atomic E-state index is 0.370. The van der Waals surface area contributed by atoms with E-state index in [1.54, 1.807) is 0 Å². The van der Waals surface area contributed by atoms with Crippen LogP contribution in [0.4, 0.5) is 0 Å². The van der Waals surface area contributed by atoms with Crippen LogP contribution in [0.25, 0.3) is 5.52 Å². The molecule has 1 fully saturated rings. The number of imidazole rings is 1. The van der Waals surface area contributed by atoms with E-state index in [0.29, 0.717) is 11.6 Å². The van der Waals surface area contributed by atoms with Crippen molar-refractivity contribution in [3.8, 4) is 0 Å². The van der Waals surface area contributed by atoms with Crippen LogP contribution < -0.4 is 0 Å². The highest BCUT2D eigenvalue weighted by molar-refractivity contribution is 9.10. The van der Waals surface area contributed by atoms with Gasteiger partial charge in [0, 0.05) is 29.8 Å². The molecule has 1 aliphatic rings. The fourth-order valence-electron chi connectivity index (χ4n) is 2.47. The van der Waals surface area contributed by atoms with E-state index in [-0.39, 0.29) is 0 Å². The second kappa shape index (κ2) is 4.82. The SMILES string of the molecule is O=Cc1nc(C2CCOCC2)n2cccc(Br)c12. The van der Waals surface area contributed by atoms with Gasteiger partial charge in [0.2, 0.25) is 0 Å². The largest absolute Gasteiger partial charge is 0.381 e. The van der Waals surface area contributed by atoms with Crippen molar-refractivity contribution in [3.63, 3.8) is 0 Å². The molecular formula is C13H13BrN2O2. The van der Waals surface area contributed by atoms with Crippen LogP contribution in [0.3, 0.4) is 0 Å². The molecule has 4 nitrogen and oxygen atoms in total. The van der Waals surface area contributed by atoms with Gasteiger partial charge >= 0.3 is 0 Å². The van der Waals surface area contributed by atoms with Gasteiger partial charge in [-0.3, -0.25) is 4.79 Å². The summed E-state index contributed by atoms with van der Waals surface area (Å²) in [4.78, 5) is 15.6. The number of carbonyl (C=O) groups excluding carboxylic acids is 1. The first-order valence-corrected chi connectivity index (χ1v) is 6.80. The Morgan fingerprint density at radius 2 is 2.22 bits per heavy atom. The molecule has 0 atom stereocenters. The molecule has 0 radical (unpaired) electrons. The van der Waals surface area contributed by atoms with E-state index in [1.165, 1.54) is 0 Å². The number of pyridine rings is 1. The third kappa shape index (κ3) is 1.87. The van der Waals surface area contributed by atoms with Crippen molar-refractivity contribution in [3.05, 3.63) is 34.3 Å². The first kappa shape index (κ1) is 11.9. The van der Waals surface area contributed by atoms with Gasteiger partial charge in [-0.05, 0) is 40.9 Å². The third-order valence-corrected chi connectivity index (χ3v) is 4.01. The average Bonchev–Trinajstić information content (AvgIpc) is 2.80. The number of nitrogens with zero attached hydrogens (tertiary/aromatic N) is 2. The van der Waals surface area contributed by atoms with Gasteiger partial charge in [0.25, 0.3) is 0 Å². The predicted octanol–water partition coefficient (Wildman–Crippen LogP) is 2.80. The maximum atomic E-state index is 11.1. The van der Waals surface area contributed by atoms with Crippen LogP contribution in [0, 0.1) is 0 Å². The van der Waals surface area contributed by atoms with Gasteiger partial charge in [-0.25, -0.2) is 4.98 Å². The second-order valence-corrected chi connectivity index (χ2v) is 5.29. The molecule has 18 heavy (non-hydrogen) atoms. The minimum Gasteiger partial charge on any atom is -0.381 e. The highest BCUT2D eigenvalue weighted by Crippen LogP contribution is 2.30. The summed E-state index contributed by atoms with van der Waals surface area (Å²) in [7, 11) is 0. The lowest BCUT2D eigenvalue weighted by Gasteiger charge is -2.20. The van der Waals surface area contributed by atoms with Gasteiger partial charge in [0.15, 0.2) is 6.29 Å². The van der Waals surface area contributed by atoms with Gasteiger partial charge in [-0.15, -0.1) is 0 Å². The molecule has 0 unspecified atom stereocenters. The smallest absolute Gasteiger partial charge is 0.170 e. The van der Waals surface area contributed by atoms with Gasteiger partial charge in [-0.2, -0.15) is 0 Å². The third-order valence-electron chi connectivity index (χ3n) is 3.37. The summed E-state index contributed by atoms with van der Waals surface area (Å²) in [5, 5.41) is 0. The number of aromatic nitrogens is 2. The number of carbonyl (C=O) groups is 1. The number of rotatable bonds is 2. The Kier molecular flexibility index (Phi) is 3.18. The van der Waals surface area contributed by atoms with E-state index in [2.05, 4.69) is 20.9 Å². The zero-order chi connectivity index (χ0) is 12.5. The second-order valence-electron chi connectivity index (χ2n) is 4.43. The molecule has 94 valence electrons. The van der Waals surface area contributed by atoms with Crippen LogP contribution in [0.5, 0.6) is 0 Å². The normalized spacial score (nSPS) is 17.2. The van der Waals surface area contributed by atoms with E-state index >= 15 is 0 Å². The molecule has 0 aromatic carbocycles. The fraction of sp³-hybridized carbons (Fsp3) is 0.385. The van der Waals surface area contributed by atoms with Crippen molar-refractivity contribution in [2.24, 2.45) is 0 Å². The minimum absolute atomic E-state index is 0.370. The monoisotopic (exact) mass is 308 g/mol. The van der Waals surface area contributed by atoms with Crippen LogP contribution >= 0.6 is 15.9 Å². The molecule has 5 heteroatoms. The number of hydrogen-bond acceptors (Lipinski definition) is 3. The zero-order valence-corrected chi connectivity index (χ0v) is 11.4. The topological polar surface area (TPSA) is 43.6 Å². The summed E-state index contributed by atoms with van der Waals surface area (Å²) in [5.41, 5.74) is 1.36. The lowest BCUT2D eigenvalue weighted by molar-refractivity contribution is 0.0834. The van der Waals surface area contributed by atoms with Crippen molar-refractivity contribution in [2.45, 2.75) is 18.8 Å². The van der Waals surface area contributed by atoms with Crippen molar-refractivity contribution in [1.82, 2.24) is 9.38 Å². The zero-order valence-electron chi connectivity index (χ0n) is 9.80. The van der Waals surface area contributed by atoms with Crippen LogP contribution in [0.1, 0.15) is 35.1 Å². The van der Waals surface area contributed by atoms with E-state index in [9.17, 15) is 4.79 Å². The molecule has 2 aromatic rings. The fourth-order valence-corrected chi connectivity index (χ4v) is 3.02. The van der Waals surface area contributed by atoms with E-state index < -0.39 is 0 Å². The molecule has 2 aromatic heterocycles. The Labute approximate surface area is 113 Å². The molecule has 3 heterocycles. The van der Waals surface area contributed by atoms with Crippen LogP contribution in [0.15, 0.2) is 22.8 Å². The Hall–Kier alpha value is -1.20. The molecule has 3 rings (SSSR count). The van der Waals surface area contributed by atoms with E-state index in [4.69, 9.17) is 4.74 Å². The Morgan fingerprint density at radius 3 is 2.94 bits per heavy atom. The Bertz CT molecular complexity index is 588. The van der Waals surface area contributed by atoms with E-state index in [0.717, 1.165) is 48.2 Å². The summed E-state index contributed by atoms with van der Waals surface area (Å²) in [6, 6.07) is 3.88. The molecule has 1 saturated heterocycles. The molecule has 0 bridgehead atoms. The quantitative estimate of drug-likeness (QED) is 0.801. The molecule has 0 saturated carbocycles. The summed E-state index contributed by atoms with van der Waals surface area (Å²) in [6.45, 7) is 1.54. The highest BCUT2D eigenvalue weighted by atomic mass is 79.9. The van der Waals surface area contributed by atoms with Crippen LogP contribution in [0.2, 0.25) is 0 Å². The number of halogens is 1. The Balaban J connectivity index is 2.17. The van der Waals surface area contributed by atoms with Gasteiger partial charge in [-0.1, -0.05) is 0 Å². The maximum Gasteiger partial charge on any atom is 0.170 e. The van der Waals surface area contributed by atoms with Crippen molar-refractivity contribution < 1.29 is 9.53 Å². The van der Waals surface area contributed by atoms with Gasteiger partial charge in [0.1, 0.15) is 11.5 Å². The number of ether oxygens (including phenoxy) is 1.